The number of unbranched alkanes of at least 4 members (excludes halogenated alkanes) is 9. The molecule has 0 spiro atoms. The number of nitrogens with zero attached hydrogens (tertiary/aromatic N) is 1. The number of aromatic amines is 1. The number of aromatic nitrogens is 2. The van der Waals surface area contributed by atoms with Crippen molar-refractivity contribution in [1.29, 1.82) is 0 Å². The monoisotopic (exact) mass is 593 g/mol. The van der Waals surface area contributed by atoms with Gasteiger partial charge in [0.05, 0.1) is 19.3 Å². The van der Waals surface area contributed by atoms with Gasteiger partial charge in [0, 0.05) is 47.7 Å². The zero-order valence-corrected chi connectivity index (χ0v) is 26.2. The summed E-state index contributed by atoms with van der Waals surface area (Å²) in [7, 11) is -9.90. The third-order valence-electron chi connectivity index (χ3n) is 6.02. The van der Waals surface area contributed by atoms with Crippen molar-refractivity contribution in [2.45, 2.75) is 103 Å². The van der Waals surface area contributed by atoms with Crippen LogP contribution >= 0.6 is 15.6 Å². The van der Waals surface area contributed by atoms with Crippen LogP contribution in [-0.2, 0) is 27.2 Å². The maximum Gasteiger partial charge on any atom is 0.481 e. The van der Waals surface area contributed by atoms with Gasteiger partial charge in [-0.3, -0.25) is 23.4 Å². The van der Waals surface area contributed by atoms with Crippen LogP contribution in [0.1, 0.15) is 89.3 Å². The first-order valence-electron chi connectivity index (χ1n) is 12.8. The summed E-state index contributed by atoms with van der Waals surface area (Å²) in [5.74, 6) is 0. The molecule has 2 rings (SSSR count). The standard InChI is InChI=1S/C22H40N2O11P2.Na/c1-3-4-5-6-7-8-9-10-11-12-13-32-36(28,29)35-37(30,31)33-16-19-18(25)14-20(34-19)24-15-17(2)21(26)23-22(24)27;/h15,18-20,25H,3-14,16H2,1-2H3,(H,28,29)(H,30,31)(H,23,26,27);. The Morgan fingerprint density at radius 2 is 1.55 bits per heavy atom. The number of rotatable bonds is 18. The molecule has 1 aliphatic heterocycles. The summed E-state index contributed by atoms with van der Waals surface area (Å²) in [6.45, 7) is 2.89. The second kappa shape index (κ2) is 17.6. The van der Waals surface area contributed by atoms with Gasteiger partial charge in [-0.2, -0.15) is 4.31 Å². The minimum atomic E-state index is -5.04. The van der Waals surface area contributed by atoms with Crippen LogP contribution in [0.25, 0.3) is 0 Å². The second-order valence-electron chi connectivity index (χ2n) is 9.24. The molecular weight excluding hydrogens is 553 g/mol. The molecule has 0 bridgehead atoms. The van der Waals surface area contributed by atoms with E-state index in [9.17, 15) is 33.6 Å². The number of hydrogen-bond donors (Lipinski definition) is 4. The van der Waals surface area contributed by atoms with Crippen LogP contribution in [0.15, 0.2) is 15.8 Å². The van der Waals surface area contributed by atoms with E-state index in [0.29, 0.717) is 6.42 Å². The molecule has 1 saturated heterocycles. The van der Waals surface area contributed by atoms with E-state index in [-0.39, 0.29) is 48.1 Å². The Balaban J connectivity index is 0.00000722. The number of phosphoric acid groups is 2. The summed E-state index contributed by atoms with van der Waals surface area (Å²) in [5, 5.41) is 10.2. The quantitative estimate of drug-likeness (QED) is 0.111. The van der Waals surface area contributed by atoms with Crippen molar-refractivity contribution < 1.29 is 42.1 Å². The first-order valence-corrected chi connectivity index (χ1v) is 15.7. The second-order valence-corrected chi connectivity index (χ2v) is 12.3. The van der Waals surface area contributed by atoms with E-state index in [4.69, 9.17) is 13.8 Å². The maximum atomic E-state index is 12.1. The fraction of sp³-hybridized carbons (Fsp3) is 0.818. The third-order valence-corrected chi connectivity index (χ3v) is 8.66. The molecule has 13 nitrogen and oxygen atoms in total. The number of nitrogens with one attached hydrogen (secondary N) is 1. The van der Waals surface area contributed by atoms with E-state index in [1.165, 1.54) is 45.2 Å². The number of aryl methyl sites for hydroxylation is 1. The summed E-state index contributed by atoms with van der Waals surface area (Å²) < 4.78 is 44.6. The Labute approximate surface area is 244 Å². The van der Waals surface area contributed by atoms with Crippen molar-refractivity contribution in [1.82, 2.24) is 9.55 Å². The van der Waals surface area contributed by atoms with E-state index in [2.05, 4.69) is 16.2 Å². The Morgan fingerprint density at radius 1 is 1.00 bits per heavy atom. The molecule has 38 heavy (non-hydrogen) atoms. The molecule has 5 unspecified atom stereocenters. The molecule has 0 aromatic carbocycles. The summed E-state index contributed by atoms with van der Waals surface area (Å²) in [6, 6.07) is 0. The van der Waals surface area contributed by atoms with Gasteiger partial charge in [-0.05, 0) is 13.3 Å². The van der Waals surface area contributed by atoms with Gasteiger partial charge in [-0.1, -0.05) is 64.7 Å². The molecular formula is C22H40N2NaO11P2. The van der Waals surface area contributed by atoms with Crippen molar-refractivity contribution in [2.24, 2.45) is 0 Å². The Morgan fingerprint density at radius 3 is 2.16 bits per heavy atom. The normalized spacial score (nSPS) is 22.5. The number of aliphatic hydroxyl groups excluding tert-OH is 1. The van der Waals surface area contributed by atoms with E-state index >= 15 is 0 Å². The molecule has 0 saturated carbocycles. The van der Waals surface area contributed by atoms with Gasteiger partial charge in [0.25, 0.3) is 5.56 Å². The fourth-order valence-corrected chi connectivity index (χ4v) is 6.07. The van der Waals surface area contributed by atoms with Crippen molar-refractivity contribution in [2.75, 3.05) is 13.2 Å². The first kappa shape index (κ1) is 35.9. The van der Waals surface area contributed by atoms with Crippen LogP contribution in [0.3, 0.4) is 0 Å². The van der Waals surface area contributed by atoms with E-state index in [1.54, 1.807) is 0 Å². The van der Waals surface area contributed by atoms with Crippen LogP contribution < -0.4 is 11.2 Å². The number of H-pyrrole nitrogens is 1. The summed E-state index contributed by atoms with van der Waals surface area (Å²) in [5.41, 5.74) is -1.05. The minimum absolute atomic E-state index is 0. The number of ether oxygens (including phenoxy) is 1. The van der Waals surface area contributed by atoms with Crippen molar-refractivity contribution >= 4 is 45.2 Å². The van der Waals surface area contributed by atoms with Gasteiger partial charge in [0.15, 0.2) is 0 Å². The predicted molar refractivity (Wildman–Crippen MR) is 141 cm³/mol. The van der Waals surface area contributed by atoms with Gasteiger partial charge in [-0.15, -0.1) is 0 Å². The molecule has 215 valence electrons. The molecule has 0 amide bonds. The molecule has 16 heteroatoms. The van der Waals surface area contributed by atoms with Crippen LogP contribution in [0, 0.1) is 6.92 Å². The molecule has 1 radical (unpaired) electrons. The smallest absolute Gasteiger partial charge is 0.390 e. The van der Waals surface area contributed by atoms with Gasteiger partial charge < -0.3 is 19.6 Å². The average molecular weight is 594 g/mol. The van der Waals surface area contributed by atoms with Crippen LogP contribution in [0.5, 0.6) is 0 Å². The molecule has 1 aromatic heterocycles. The topological polar surface area (TPSA) is 187 Å². The zero-order chi connectivity index (χ0) is 27.5. The number of hydrogen-bond acceptors (Lipinski definition) is 9. The van der Waals surface area contributed by atoms with Crippen LogP contribution in [0.4, 0.5) is 0 Å². The van der Waals surface area contributed by atoms with Gasteiger partial charge >= 0.3 is 21.3 Å². The van der Waals surface area contributed by atoms with Crippen LogP contribution in [-0.4, -0.2) is 79.4 Å². The van der Waals surface area contributed by atoms with Crippen molar-refractivity contribution in [3.8, 4) is 0 Å². The van der Waals surface area contributed by atoms with Gasteiger partial charge in [0.2, 0.25) is 0 Å². The SMILES string of the molecule is CCCCCCCCCCCCOP(=O)(O)OP(=O)(O)OCC1OC(n2cc(C)c(=O)[nH]c2=O)CC1O.[Na]. The van der Waals surface area contributed by atoms with Crippen molar-refractivity contribution in [3.05, 3.63) is 32.6 Å². The van der Waals surface area contributed by atoms with E-state index < -0.39 is 51.9 Å². The molecule has 1 aromatic rings. The predicted octanol–water partition coefficient (Wildman–Crippen LogP) is 3.28. The molecule has 0 aliphatic carbocycles. The maximum absolute atomic E-state index is 12.1. The average Bonchev–Trinajstić information content (AvgIpc) is 3.18. The van der Waals surface area contributed by atoms with E-state index in [1.807, 2.05) is 0 Å². The Kier molecular flexibility index (Phi) is 16.6. The Hall–Kier alpha value is -0.140. The number of phosphoric ester groups is 2. The van der Waals surface area contributed by atoms with Crippen molar-refractivity contribution in [3.63, 3.8) is 0 Å². The largest absolute Gasteiger partial charge is 0.481 e. The molecule has 1 fully saturated rings. The molecule has 4 N–H and O–H groups in total. The Bertz CT molecular complexity index is 1050. The fourth-order valence-electron chi connectivity index (χ4n) is 3.95. The van der Waals surface area contributed by atoms with Gasteiger partial charge in [-0.25, -0.2) is 13.9 Å². The first-order chi connectivity index (χ1) is 17.4. The number of aliphatic hydroxyl groups is 1. The minimum Gasteiger partial charge on any atom is -0.390 e. The van der Waals surface area contributed by atoms with Crippen LogP contribution in [0.2, 0.25) is 0 Å². The van der Waals surface area contributed by atoms with Gasteiger partial charge in [0.1, 0.15) is 12.3 Å². The molecule has 1 aliphatic rings. The summed E-state index contributed by atoms with van der Waals surface area (Å²) in [6.07, 6.45) is 8.61. The third kappa shape index (κ3) is 13.0. The summed E-state index contributed by atoms with van der Waals surface area (Å²) >= 11 is 0. The molecule has 2 heterocycles. The zero-order valence-electron chi connectivity index (χ0n) is 22.5. The summed E-state index contributed by atoms with van der Waals surface area (Å²) in [4.78, 5) is 45.3. The van der Waals surface area contributed by atoms with E-state index in [0.717, 1.165) is 30.3 Å². The molecule has 5 atom stereocenters.